The Morgan fingerprint density at radius 1 is 1.00 bits per heavy atom. The molecule has 1 aliphatic rings. The minimum Gasteiger partial charge on any atom is -0.339 e. The fourth-order valence-corrected chi connectivity index (χ4v) is 4.06. The highest BCUT2D eigenvalue weighted by atomic mass is 16.2. The molecule has 2 aromatic carbocycles. The first kappa shape index (κ1) is 23.5. The van der Waals surface area contributed by atoms with Crippen molar-refractivity contribution < 1.29 is 14.4 Å². The van der Waals surface area contributed by atoms with E-state index in [4.69, 9.17) is 0 Å². The maximum Gasteiger partial charge on any atom is 0.253 e. The fraction of sp³-hybridized carbons (Fsp3) is 0.423. The number of anilines is 1. The summed E-state index contributed by atoms with van der Waals surface area (Å²) in [5, 5.41) is 2.95. The number of amides is 3. The van der Waals surface area contributed by atoms with Crippen molar-refractivity contribution in [2.45, 2.75) is 53.1 Å². The van der Waals surface area contributed by atoms with Crippen molar-refractivity contribution in [2.24, 2.45) is 5.92 Å². The number of carbonyl (C=O) groups is 3. The molecule has 0 aromatic heterocycles. The Morgan fingerprint density at radius 2 is 1.62 bits per heavy atom. The van der Waals surface area contributed by atoms with E-state index in [0.717, 1.165) is 17.5 Å². The van der Waals surface area contributed by atoms with Crippen LogP contribution in [0.5, 0.6) is 0 Å². The van der Waals surface area contributed by atoms with Crippen molar-refractivity contribution in [3.05, 3.63) is 65.2 Å². The van der Waals surface area contributed by atoms with Crippen molar-refractivity contribution in [2.75, 3.05) is 18.4 Å². The zero-order valence-electron chi connectivity index (χ0n) is 19.4. The molecule has 0 spiro atoms. The summed E-state index contributed by atoms with van der Waals surface area (Å²) in [5.74, 6) is -0.371. The molecule has 1 heterocycles. The summed E-state index contributed by atoms with van der Waals surface area (Å²) in [7, 11) is 0. The Balaban J connectivity index is 1.78. The number of nitrogens with one attached hydrogen (secondary N) is 1. The van der Waals surface area contributed by atoms with Gasteiger partial charge in [0.2, 0.25) is 11.8 Å². The van der Waals surface area contributed by atoms with Crippen molar-refractivity contribution in [3.8, 4) is 0 Å². The summed E-state index contributed by atoms with van der Waals surface area (Å²) >= 11 is 0. The first-order chi connectivity index (χ1) is 15.4. The number of fused-ring (bicyclic) bond motifs is 1. The van der Waals surface area contributed by atoms with Gasteiger partial charge in [-0.2, -0.15) is 0 Å². The monoisotopic (exact) mass is 435 g/mol. The zero-order valence-corrected chi connectivity index (χ0v) is 19.4. The molecule has 6 heteroatoms. The highest BCUT2D eigenvalue weighted by molar-refractivity contribution is 5.99. The molecule has 0 bridgehead atoms. The molecule has 0 unspecified atom stereocenters. The van der Waals surface area contributed by atoms with Crippen molar-refractivity contribution >= 4 is 23.4 Å². The predicted molar refractivity (Wildman–Crippen MR) is 126 cm³/mol. The number of nitrogens with zero attached hydrogens (tertiary/aromatic N) is 2. The van der Waals surface area contributed by atoms with Gasteiger partial charge in [0, 0.05) is 43.2 Å². The highest BCUT2D eigenvalue weighted by Crippen LogP contribution is 2.26. The molecule has 0 aliphatic carbocycles. The Labute approximate surface area is 190 Å². The van der Waals surface area contributed by atoms with Crippen molar-refractivity contribution in [1.29, 1.82) is 0 Å². The quantitative estimate of drug-likeness (QED) is 0.712. The summed E-state index contributed by atoms with van der Waals surface area (Å²) in [4.78, 5) is 42.3. The second-order valence-electron chi connectivity index (χ2n) is 8.31. The summed E-state index contributed by atoms with van der Waals surface area (Å²) in [6.45, 7) is 9.53. The van der Waals surface area contributed by atoms with Crippen LogP contribution >= 0.6 is 0 Å². The molecule has 2 aromatic rings. The molecule has 6 nitrogen and oxygen atoms in total. The van der Waals surface area contributed by atoms with E-state index in [2.05, 4.69) is 5.32 Å². The maximum atomic E-state index is 13.2. The molecule has 1 N–H and O–H groups in total. The molecular weight excluding hydrogens is 402 g/mol. The van der Waals surface area contributed by atoms with Gasteiger partial charge in [-0.05, 0) is 55.7 Å². The van der Waals surface area contributed by atoms with Gasteiger partial charge in [-0.3, -0.25) is 14.4 Å². The zero-order chi connectivity index (χ0) is 23.3. The number of hydrogen-bond acceptors (Lipinski definition) is 3. The van der Waals surface area contributed by atoms with E-state index in [0.29, 0.717) is 37.3 Å². The lowest BCUT2D eigenvalue weighted by Gasteiger charge is -2.37. The third-order valence-corrected chi connectivity index (χ3v) is 6.32. The lowest BCUT2D eigenvalue weighted by Crippen LogP contribution is -2.52. The van der Waals surface area contributed by atoms with E-state index in [1.54, 1.807) is 34.1 Å². The second-order valence-corrected chi connectivity index (χ2v) is 8.31. The molecular formula is C26H33N3O3. The summed E-state index contributed by atoms with van der Waals surface area (Å²) in [6, 6.07) is 14.3. The van der Waals surface area contributed by atoms with E-state index in [9.17, 15) is 14.4 Å². The Morgan fingerprint density at radius 3 is 2.22 bits per heavy atom. The van der Waals surface area contributed by atoms with Gasteiger partial charge in [0.05, 0.1) is 0 Å². The predicted octanol–water partition coefficient (Wildman–Crippen LogP) is 4.11. The first-order valence-corrected chi connectivity index (χ1v) is 11.5. The van der Waals surface area contributed by atoms with Gasteiger partial charge in [-0.1, -0.05) is 38.1 Å². The van der Waals surface area contributed by atoms with E-state index in [1.807, 2.05) is 52.0 Å². The molecule has 32 heavy (non-hydrogen) atoms. The molecule has 0 saturated heterocycles. The van der Waals surface area contributed by atoms with Gasteiger partial charge < -0.3 is 15.1 Å². The van der Waals surface area contributed by atoms with Crippen molar-refractivity contribution in [3.63, 3.8) is 0 Å². The van der Waals surface area contributed by atoms with E-state index in [-0.39, 0.29) is 23.6 Å². The van der Waals surface area contributed by atoms with Crippen molar-refractivity contribution in [1.82, 2.24) is 9.80 Å². The van der Waals surface area contributed by atoms with Gasteiger partial charge in [-0.25, -0.2) is 0 Å². The van der Waals surface area contributed by atoms with E-state index in [1.165, 1.54) is 0 Å². The highest BCUT2D eigenvalue weighted by Gasteiger charge is 2.35. The van der Waals surface area contributed by atoms with Crippen LogP contribution < -0.4 is 5.32 Å². The van der Waals surface area contributed by atoms with E-state index < -0.39 is 6.04 Å². The largest absolute Gasteiger partial charge is 0.339 e. The molecule has 3 rings (SSSR count). The third-order valence-electron chi connectivity index (χ3n) is 6.32. The minimum absolute atomic E-state index is 0.00215. The third kappa shape index (κ3) is 5.01. The average Bonchev–Trinajstić information content (AvgIpc) is 2.83. The Bertz CT molecular complexity index is 967. The van der Waals surface area contributed by atoms with Crippen LogP contribution in [0.1, 0.15) is 55.6 Å². The van der Waals surface area contributed by atoms with Crippen LogP contribution in [0.2, 0.25) is 0 Å². The number of rotatable bonds is 7. The van der Waals surface area contributed by atoms with Gasteiger partial charge in [-0.15, -0.1) is 0 Å². The van der Waals surface area contributed by atoms with Crippen LogP contribution in [-0.2, 0) is 22.6 Å². The smallest absolute Gasteiger partial charge is 0.253 e. The van der Waals surface area contributed by atoms with Gasteiger partial charge in [0.25, 0.3) is 5.91 Å². The number of benzene rings is 2. The topological polar surface area (TPSA) is 69.7 Å². The summed E-state index contributed by atoms with van der Waals surface area (Å²) < 4.78 is 0. The Hall–Kier alpha value is -3.15. The standard InChI is InChI=1S/C26H33N3O3/c1-5-18(4)25(31)29-17-21-11-9-8-10-20(21)16-23(29)24(30)27-22-14-12-19(13-15-22)26(32)28(6-2)7-3/h8-15,18,23H,5-7,16-17H2,1-4H3,(H,27,30)/t18-,23+/m1/s1. The summed E-state index contributed by atoms with van der Waals surface area (Å²) in [5.41, 5.74) is 3.39. The lowest BCUT2D eigenvalue weighted by molar-refractivity contribution is -0.143. The summed E-state index contributed by atoms with van der Waals surface area (Å²) in [6.07, 6.45) is 1.22. The molecule has 0 fully saturated rings. The molecule has 170 valence electrons. The molecule has 0 radical (unpaired) electrons. The Kier molecular flexibility index (Phi) is 7.67. The van der Waals surface area contributed by atoms with Crippen LogP contribution in [0.25, 0.3) is 0 Å². The number of hydrogen-bond donors (Lipinski definition) is 1. The molecule has 1 aliphatic heterocycles. The fourth-order valence-electron chi connectivity index (χ4n) is 4.06. The SMILES string of the molecule is CC[C@@H](C)C(=O)N1Cc2ccccc2C[C@H]1C(=O)Nc1ccc(C(=O)N(CC)CC)cc1. The molecule has 3 amide bonds. The van der Waals surface area contributed by atoms with Gasteiger partial charge in [0.1, 0.15) is 6.04 Å². The second kappa shape index (κ2) is 10.4. The van der Waals surface area contributed by atoms with Gasteiger partial charge in [0.15, 0.2) is 0 Å². The maximum absolute atomic E-state index is 13.2. The first-order valence-electron chi connectivity index (χ1n) is 11.5. The van der Waals surface area contributed by atoms with E-state index >= 15 is 0 Å². The number of carbonyl (C=O) groups excluding carboxylic acids is 3. The normalized spacial score (nSPS) is 16.1. The molecule has 2 atom stereocenters. The van der Waals surface area contributed by atoms with Crippen LogP contribution in [0, 0.1) is 5.92 Å². The van der Waals surface area contributed by atoms with Gasteiger partial charge >= 0.3 is 0 Å². The molecule has 0 saturated carbocycles. The van der Waals surface area contributed by atoms with Crippen LogP contribution in [0.4, 0.5) is 5.69 Å². The van der Waals surface area contributed by atoms with Crippen LogP contribution in [-0.4, -0.2) is 46.7 Å². The minimum atomic E-state index is -0.566. The van der Waals surface area contributed by atoms with Crippen LogP contribution in [0.15, 0.2) is 48.5 Å². The lowest BCUT2D eigenvalue weighted by atomic mass is 9.92. The average molecular weight is 436 g/mol. The van der Waals surface area contributed by atoms with Crippen LogP contribution in [0.3, 0.4) is 0 Å².